The van der Waals surface area contributed by atoms with E-state index in [0.29, 0.717) is 6.54 Å². The summed E-state index contributed by atoms with van der Waals surface area (Å²) in [4.78, 5) is 0. The van der Waals surface area contributed by atoms with Gasteiger partial charge < -0.3 is 14.0 Å². The number of ether oxygens (including phenoxy) is 2. The van der Waals surface area contributed by atoms with E-state index >= 15 is 0 Å². The highest BCUT2D eigenvalue weighted by Gasteiger charge is 2.11. The summed E-state index contributed by atoms with van der Waals surface area (Å²) in [5.41, 5.74) is 2.97. The molecule has 0 radical (unpaired) electrons. The van der Waals surface area contributed by atoms with Crippen LogP contribution in [0, 0.1) is 0 Å². The van der Waals surface area contributed by atoms with Gasteiger partial charge in [0, 0.05) is 12.7 Å². The van der Waals surface area contributed by atoms with E-state index in [1.807, 2.05) is 65.5 Å². The minimum Gasteiger partial charge on any atom is -0.493 e. The van der Waals surface area contributed by atoms with Crippen LogP contribution in [0.2, 0.25) is 0 Å². The molecule has 4 aromatic rings. The van der Waals surface area contributed by atoms with Crippen molar-refractivity contribution in [2.24, 2.45) is 0 Å². The van der Waals surface area contributed by atoms with Crippen LogP contribution in [-0.2, 0) is 6.54 Å². The van der Waals surface area contributed by atoms with E-state index in [4.69, 9.17) is 9.47 Å². The largest absolute Gasteiger partial charge is 0.493 e. The van der Waals surface area contributed by atoms with Gasteiger partial charge >= 0.3 is 0 Å². The molecule has 6 nitrogen and oxygen atoms in total. The van der Waals surface area contributed by atoms with E-state index in [1.54, 1.807) is 14.2 Å². The summed E-state index contributed by atoms with van der Waals surface area (Å²) in [6, 6.07) is 17.9. The number of hydrogen-bond donors (Lipinski definition) is 0. The van der Waals surface area contributed by atoms with Crippen LogP contribution in [0.15, 0.2) is 60.8 Å². The maximum Gasteiger partial charge on any atom is 0.161 e. The van der Waals surface area contributed by atoms with Gasteiger partial charge in [0.15, 0.2) is 11.5 Å². The van der Waals surface area contributed by atoms with Crippen LogP contribution in [0.3, 0.4) is 0 Å². The Morgan fingerprint density at radius 1 is 0.920 bits per heavy atom. The van der Waals surface area contributed by atoms with Gasteiger partial charge in [0.1, 0.15) is 11.3 Å². The van der Waals surface area contributed by atoms with Crippen molar-refractivity contribution in [2.75, 3.05) is 14.2 Å². The van der Waals surface area contributed by atoms with Gasteiger partial charge in [-0.05, 0) is 42.0 Å². The molecule has 0 aliphatic heterocycles. The molecule has 0 spiro atoms. The molecule has 2 heterocycles. The summed E-state index contributed by atoms with van der Waals surface area (Å²) in [5.74, 6) is 2.41. The lowest BCUT2D eigenvalue weighted by Gasteiger charge is -2.12. The third-order valence-corrected chi connectivity index (χ3v) is 4.18. The Morgan fingerprint density at radius 2 is 1.76 bits per heavy atom. The number of benzene rings is 2. The number of rotatable bonds is 5. The van der Waals surface area contributed by atoms with Crippen molar-refractivity contribution in [3.63, 3.8) is 0 Å². The van der Waals surface area contributed by atoms with Crippen molar-refractivity contribution in [1.82, 2.24) is 19.6 Å². The number of aromatic nitrogens is 4. The molecule has 0 fully saturated rings. The Labute approximate surface area is 145 Å². The third kappa shape index (κ3) is 2.71. The second-order valence-electron chi connectivity index (χ2n) is 5.67. The smallest absolute Gasteiger partial charge is 0.161 e. The third-order valence-electron chi connectivity index (χ3n) is 4.18. The van der Waals surface area contributed by atoms with Crippen LogP contribution >= 0.6 is 0 Å². The summed E-state index contributed by atoms with van der Waals surface area (Å²) in [7, 11) is 3.28. The van der Waals surface area contributed by atoms with Crippen LogP contribution in [0.1, 0.15) is 5.56 Å². The molecule has 25 heavy (non-hydrogen) atoms. The molecule has 2 aromatic heterocycles. The van der Waals surface area contributed by atoms with Gasteiger partial charge in [-0.15, -0.1) is 5.10 Å². The monoisotopic (exact) mass is 334 g/mol. The normalized spacial score (nSPS) is 11.0. The molecule has 0 N–H and O–H groups in total. The summed E-state index contributed by atoms with van der Waals surface area (Å²) >= 11 is 0. The second-order valence-corrected chi connectivity index (χ2v) is 5.67. The fourth-order valence-electron chi connectivity index (χ4n) is 2.94. The first-order valence-corrected chi connectivity index (χ1v) is 7.97. The number of methoxy groups -OCH3 is 2. The van der Waals surface area contributed by atoms with E-state index in [-0.39, 0.29) is 0 Å². The fourth-order valence-corrected chi connectivity index (χ4v) is 2.94. The number of fused-ring (bicyclic) bond motifs is 1. The lowest BCUT2D eigenvalue weighted by atomic mass is 10.2. The molecule has 0 aliphatic carbocycles. The zero-order valence-electron chi connectivity index (χ0n) is 14.1. The van der Waals surface area contributed by atoms with E-state index in [2.05, 4.69) is 14.9 Å². The van der Waals surface area contributed by atoms with Gasteiger partial charge in [0.2, 0.25) is 0 Å². The minimum absolute atomic E-state index is 0.691. The van der Waals surface area contributed by atoms with Crippen LogP contribution in [0.25, 0.3) is 16.9 Å². The molecule has 6 heteroatoms. The number of nitrogens with zero attached hydrogens (tertiary/aromatic N) is 4. The minimum atomic E-state index is 0.691. The Morgan fingerprint density at radius 3 is 2.60 bits per heavy atom. The highest BCUT2D eigenvalue weighted by molar-refractivity contribution is 5.75. The second kappa shape index (κ2) is 6.32. The fraction of sp³-hybridized carbons (Fsp3) is 0.158. The van der Waals surface area contributed by atoms with Crippen LogP contribution < -0.4 is 9.47 Å². The van der Waals surface area contributed by atoms with E-state index in [1.165, 1.54) is 0 Å². The van der Waals surface area contributed by atoms with Crippen LogP contribution in [0.5, 0.6) is 11.5 Å². The lowest BCUT2D eigenvalue weighted by molar-refractivity contribution is 0.354. The standard InChI is InChI=1S/C19H18N4O2/c1-24-17-10-9-14(12-18(17)25-2)13-22-11-5-8-19(22)23-16-7-4-3-6-15(16)20-21-23/h3-12H,13H2,1-2H3. The molecule has 0 aliphatic rings. The highest BCUT2D eigenvalue weighted by Crippen LogP contribution is 2.28. The summed E-state index contributed by atoms with van der Waals surface area (Å²) in [6.45, 7) is 0.691. The molecule has 0 bridgehead atoms. The van der Waals surface area contributed by atoms with Crippen LogP contribution in [0.4, 0.5) is 0 Å². The van der Waals surface area contributed by atoms with Crippen molar-refractivity contribution in [1.29, 1.82) is 0 Å². The Bertz CT molecular complexity index is 1020. The first-order valence-electron chi connectivity index (χ1n) is 7.97. The van der Waals surface area contributed by atoms with Gasteiger partial charge in [-0.2, -0.15) is 4.68 Å². The first-order chi connectivity index (χ1) is 12.3. The molecule has 0 amide bonds. The quantitative estimate of drug-likeness (QED) is 0.562. The van der Waals surface area contributed by atoms with Gasteiger partial charge in [0.25, 0.3) is 0 Å². The molecular formula is C19H18N4O2. The van der Waals surface area contributed by atoms with Crippen molar-refractivity contribution >= 4 is 11.0 Å². The molecule has 0 unspecified atom stereocenters. The summed E-state index contributed by atoms with van der Waals surface area (Å²) in [5, 5.41) is 8.54. The zero-order chi connectivity index (χ0) is 17.2. The first kappa shape index (κ1) is 15.3. The van der Waals surface area contributed by atoms with E-state index in [0.717, 1.165) is 33.9 Å². The molecule has 0 saturated carbocycles. The Hall–Kier alpha value is -3.28. The molecule has 0 saturated heterocycles. The predicted octanol–water partition coefficient (Wildman–Crippen LogP) is 3.29. The topological polar surface area (TPSA) is 54.1 Å². The zero-order valence-corrected chi connectivity index (χ0v) is 14.1. The van der Waals surface area contributed by atoms with Gasteiger partial charge in [-0.25, -0.2) is 0 Å². The van der Waals surface area contributed by atoms with E-state index in [9.17, 15) is 0 Å². The van der Waals surface area contributed by atoms with Crippen molar-refractivity contribution < 1.29 is 9.47 Å². The molecule has 4 rings (SSSR count). The summed E-state index contributed by atoms with van der Waals surface area (Å²) in [6.07, 6.45) is 2.03. The predicted molar refractivity (Wildman–Crippen MR) is 95.5 cm³/mol. The van der Waals surface area contributed by atoms with Crippen molar-refractivity contribution in [3.8, 4) is 17.3 Å². The van der Waals surface area contributed by atoms with Gasteiger partial charge in [-0.1, -0.05) is 23.4 Å². The maximum atomic E-state index is 5.39. The average molecular weight is 334 g/mol. The summed E-state index contributed by atoms with van der Waals surface area (Å²) < 4.78 is 14.7. The molecule has 2 aromatic carbocycles. The van der Waals surface area contributed by atoms with Gasteiger partial charge in [-0.3, -0.25) is 0 Å². The average Bonchev–Trinajstić information content (AvgIpc) is 3.28. The Kier molecular flexibility index (Phi) is 3.85. The van der Waals surface area contributed by atoms with Crippen LogP contribution in [-0.4, -0.2) is 33.8 Å². The molecule has 126 valence electrons. The number of hydrogen-bond acceptors (Lipinski definition) is 4. The SMILES string of the molecule is COc1ccc(Cn2cccc2-n2nnc3ccccc32)cc1OC. The lowest BCUT2D eigenvalue weighted by Crippen LogP contribution is -2.07. The maximum absolute atomic E-state index is 5.39. The van der Waals surface area contributed by atoms with E-state index < -0.39 is 0 Å². The molecule has 0 atom stereocenters. The van der Waals surface area contributed by atoms with Crippen molar-refractivity contribution in [3.05, 3.63) is 66.4 Å². The van der Waals surface area contributed by atoms with Crippen molar-refractivity contribution in [2.45, 2.75) is 6.54 Å². The number of para-hydroxylation sites is 1. The molecular weight excluding hydrogens is 316 g/mol. The Balaban J connectivity index is 1.71. The van der Waals surface area contributed by atoms with Gasteiger partial charge in [0.05, 0.1) is 19.7 Å². The highest BCUT2D eigenvalue weighted by atomic mass is 16.5.